The van der Waals surface area contributed by atoms with Crippen molar-refractivity contribution in [3.8, 4) is 17.2 Å². The molecule has 0 N–H and O–H groups in total. The average Bonchev–Trinajstić information content (AvgIpc) is 3.74. The van der Waals surface area contributed by atoms with Crippen molar-refractivity contribution in [2.45, 2.75) is 0 Å². The second kappa shape index (κ2) is 8.51. The summed E-state index contributed by atoms with van der Waals surface area (Å²) in [6.07, 6.45) is 0. The third-order valence-corrected chi connectivity index (χ3v) is 9.85. The number of nitrogens with zero attached hydrogens (tertiary/aromatic N) is 3. The summed E-state index contributed by atoms with van der Waals surface area (Å²) in [4.78, 5) is 10.7. The van der Waals surface area contributed by atoms with Crippen LogP contribution < -0.4 is 0 Å². The molecule has 0 saturated carbocycles. The predicted octanol–water partition coefficient (Wildman–Crippen LogP) is 10.7. The molecule has 0 unspecified atom stereocenters. The largest absolute Gasteiger partial charge is 0.455 e. The zero-order valence-electron chi connectivity index (χ0n) is 22.8. The summed E-state index contributed by atoms with van der Waals surface area (Å²) in [5.74, 6) is 0.654. The van der Waals surface area contributed by atoms with E-state index >= 15 is 0 Å². The van der Waals surface area contributed by atoms with E-state index < -0.39 is 0 Å². The summed E-state index contributed by atoms with van der Waals surface area (Å²) in [5, 5.41) is 8.06. The summed E-state index contributed by atoms with van der Waals surface area (Å²) in [5.41, 5.74) is 6.86. The number of hydrogen-bond acceptors (Lipinski definition) is 4. The van der Waals surface area contributed by atoms with Crippen molar-refractivity contribution >= 4 is 86.2 Å². The third-order valence-electron chi connectivity index (χ3n) is 8.62. The molecule has 5 heteroatoms. The SMILES string of the molecule is c1ccc(-c2nc(-n3c4ccccc4c4c5oc6ccccc6c5ccc43)nc3c2sc2c4ccccc4ccc32)cc1. The highest BCUT2D eigenvalue weighted by atomic mass is 32.1. The normalized spacial score (nSPS) is 12.2. The summed E-state index contributed by atoms with van der Waals surface area (Å²) < 4.78 is 11.1. The topological polar surface area (TPSA) is 43.9 Å². The van der Waals surface area contributed by atoms with Gasteiger partial charge in [-0.2, -0.15) is 0 Å². The van der Waals surface area contributed by atoms with Gasteiger partial charge in [-0.25, -0.2) is 9.97 Å². The lowest BCUT2D eigenvalue weighted by molar-refractivity contribution is 0.673. The van der Waals surface area contributed by atoms with Crippen LogP contribution in [0.5, 0.6) is 0 Å². The van der Waals surface area contributed by atoms with Crippen LogP contribution in [-0.4, -0.2) is 14.5 Å². The van der Waals surface area contributed by atoms with E-state index in [4.69, 9.17) is 14.4 Å². The van der Waals surface area contributed by atoms with Crippen LogP contribution in [0.25, 0.3) is 92.0 Å². The number of thiophene rings is 1. The van der Waals surface area contributed by atoms with E-state index in [1.165, 1.54) is 15.5 Å². The highest BCUT2D eigenvalue weighted by molar-refractivity contribution is 7.27. The second-order valence-electron chi connectivity index (χ2n) is 11.0. The average molecular weight is 568 g/mol. The van der Waals surface area contributed by atoms with E-state index in [0.717, 1.165) is 70.6 Å². The first-order chi connectivity index (χ1) is 21.3. The van der Waals surface area contributed by atoms with Crippen LogP contribution in [0.4, 0.5) is 0 Å². The van der Waals surface area contributed by atoms with Crippen LogP contribution in [0.2, 0.25) is 0 Å². The Morgan fingerprint density at radius 2 is 1.28 bits per heavy atom. The Morgan fingerprint density at radius 3 is 2.19 bits per heavy atom. The molecule has 4 heterocycles. The lowest BCUT2D eigenvalue weighted by Gasteiger charge is -2.10. The summed E-state index contributed by atoms with van der Waals surface area (Å²) in [7, 11) is 0. The van der Waals surface area contributed by atoms with Crippen molar-refractivity contribution in [3.05, 3.63) is 127 Å². The van der Waals surface area contributed by atoms with E-state index in [-0.39, 0.29) is 0 Å². The number of fused-ring (bicyclic) bond motifs is 12. The maximum absolute atomic E-state index is 6.52. The van der Waals surface area contributed by atoms with Crippen LogP contribution in [0.3, 0.4) is 0 Å². The minimum Gasteiger partial charge on any atom is -0.455 e. The molecule has 10 aromatic rings. The minimum absolute atomic E-state index is 0.654. The smallest absolute Gasteiger partial charge is 0.235 e. The Kier molecular flexibility index (Phi) is 4.57. The Balaban J connectivity index is 1.37. The summed E-state index contributed by atoms with van der Waals surface area (Å²) in [6, 6.07) is 44.6. The zero-order valence-corrected chi connectivity index (χ0v) is 23.6. The molecule has 0 atom stereocenters. The molecule has 0 aliphatic heterocycles. The van der Waals surface area contributed by atoms with Crippen molar-refractivity contribution in [1.29, 1.82) is 0 Å². The molecule has 0 radical (unpaired) electrons. The maximum Gasteiger partial charge on any atom is 0.235 e. The van der Waals surface area contributed by atoms with Crippen LogP contribution in [0.1, 0.15) is 0 Å². The van der Waals surface area contributed by atoms with Gasteiger partial charge in [-0.15, -0.1) is 11.3 Å². The van der Waals surface area contributed by atoms with Gasteiger partial charge in [0, 0.05) is 31.8 Å². The maximum atomic E-state index is 6.52. The van der Waals surface area contributed by atoms with Gasteiger partial charge in [0.1, 0.15) is 11.2 Å². The van der Waals surface area contributed by atoms with Gasteiger partial charge in [0.2, 0.25) is 5.95 Å². The quantitative estimate of drug-likeness (QED) is 0.209. The van der Waals surface area contributed by atoms with Gasteiger partial charge in [-0.05, 0) is 35.0 Å². The minimum atomic E-state index is 0.654. The number of benzene rings is 6. The Hall–Kier alpha value is -5.52. The third kappa shape index (κ3) is 3.14. The molecule has 0 bridgehead atoms. The van der Waals surface area contributed by atoms with Crippen LogP contribution >= 0.6 is 11.3 Å². The molecule has 0 aliphatic rings. The van der Waals surface area contributed by atoms with Gasteiger partial charge in [0.15, 0.2) is 0 Å². The van der Waals surface area contributed by atoms with Crippen LogP contribution in [0, 0.1) is 0 Å². The number of furan rings is 1. The second-order valence-corrected chi connectivity index (χ2v) is 12.0. The number of para-hydroxylation sites is 2. The van der Waals surface area contributed by atoms with Gasteiger partial charge in [-0.3, -0.25) is 4.57 Å². The molecule has 6 aromatic carbocycles. The molecule has 0 saturated heterocycles. The predicted molar refractivity (Wildman–Crippen MR) is 179 cm³/mol. The first kappa shape index (κ1) is 23.1. The first-order valence-corrected chi connectivity index (χ1v) is 15.2. The van der Waals surface area contributed by atoms with E-state index in [2.05, 4.69) is 114 Å². The molecule has 4 aromatic heterocycles. The fourth-order valence-corrected chi connectivity index (χ4v) is 7.99. The lowest BCUT2D eigenvalue weighted by Crippen LogP contribution is -2.02. The molecular formula is C38H21N3OS. The Labute approximate surface area is 249 Å². The van der Waals surface area contributed by atoms with Gasteiger partial charge in [-0.1, -0.05) is 103 Å². The number of hydrogen-bond donors (Lipinski definition) is 0. The van der Waals surface area contributed by atoms with E-state index in [1.807, 2.05) is 18.2 Å². The van der Waals surface area contributed by atoms with Crippen LogP contribution in [0.15, 0.2) is 132 Å². The highest BCUT2D eigenvalue weighted by Gasteiger charge is 2.22. The number of rotatable bonds is 2. The van der Waals surface area contributed by atoms with Crippen LogP contribution in [-0.2, 0) is 0 Å². The molecule has 4 nitrogen and oxygen atoms in total. The molecule has 200 valence electrons. The van der Waals surface area contributed by atoms with Gasteiger partial charge < -0.3 is 4.42 Å². The highest BCUT2D eigenvalue weighted by Crippen LogP contribution is 2.44. The molecule has 0 aliphatic carbocycles. The monoisotopic (exact) mass is 567 g/mol. The van der Waals surface area contributed by atoms with Crippen molar-refractivity contribution in [2.75, 3.05) is 0 Å². The molecule has 10 rings (SSSR count). The molecule has 0 fully saturated rings. The van der Waals surface area contributed by atoms with Gasteiger partial charge in [0.25, 0.3) is 0 Å². The first-order valence-electron chi connectivity index (χ1n) is 14.3. The fourth-order valence-electron chi connectivity index (χ4n) is 6.70. The van der Waals surface area contributed by atoms with Gasteiger partial charge in [0.05, 0.1) is 32.3 Å². The van der Waals surface area contributed by atoms with E-state index in [9.17, 15) is 0 Å². The molecular weight excluding hydrogens is 547 g/mol. The van der Waals surface area contributed by atoms with Crippen molar-refractivity contribution in [1.82, 2.24) is 14.5 Å². The lowest BCUT2D eigenvalue weighted by atomic mass is 10.1. The molecule has 43 heavy (non-hydrogen) atoms. The Bertz CT molecular complexity index is 2730. The standard InChI is InChI=1S/C38H21N3OS/c1-2-11-23(12-3-1)33-37-34(28-19-18-22-10-4-5-13-24(22)36(28)43-37)40-38(39-33)41-29-16-8-6-15-27(29)32-30(41)21-20-26-25-14-7-9-17-31(25)42-35(26)32/h1-21H. The van der Waals surface area contributed by atoms with E-state index in [1.54, 1.807) is 11.3 Å². The number of aromatic nitrogens is 3. The fraction of sp³-hybridized carbons (Fsp3) is 0. The van der Waals surface area contributed by atoms with Crippen molar-refractivity contribution in [2.24, 2.45) is 0 Å². The van der Waals surface area contributed by atoms with Crippen molar-refractivity contribution < 1.29 is 4.42 Å². The van der Waals surface area contributed by atoms with E-state index in [0.29, 0.717) is 5.95 Å². The molecule has 0 amide bonds. The van der Waals surface area contributed by atoms with Gasteiger partial charge >= 0.3 is 0 Å². The van der Waals surface area contributed by atoms with Crippen molar-refractivity contribution in [3.63, 3.8) is 0 Å². The zero-order chi connectivity index (χ0) is 28.1. The Morgan fingerprint density at radius 1 is 0.535 bits per heavy atom. The molecule has 0 spiro atoms. The summed E-state index contributed by atoms with van der Waals surface area (Å²) in [6.45, 7) is 0. The summed E-state index contributed by atoms with van der Waals surface area (Å²) >= 11 is 1.78.